The number of fused-ring (bicyclic) bond motifs is 1. The molecule has 1 aliphatic rings. The van der Waals surface area contributed by atoms with Crippen molar-refractivity contribution in [2.24, 2.45) is 0 Å². The van der Waals surface area contributed by atoms with Gasteiger partial charge in [-0.15, -0.1) is 0 Å². The number of rotatable bonds is 2. The lowest BCUT2D eigenvalue weighted by molar-refractivity contribution is 0.110. The molecule has 7 heteroatoms. The number of aryl methyl sites for hydroxylation is 1. The number of benzene rings is 1. The average molecular weight is 326 g/mol. The fourth-order valence-electron chi connectivity index (χ4n) is 3.23. The number of ether oxygens (including phenoxy) is 1. The van der Waals surface area contributed by atoms with E-state index < -0.39 is 0 Å². The third-order valence-corrected chi connectivity index (χ3v) is 4.36. The minimum Gasteiger partial charge on any atom is -0.378 e. The number of pyridine rings is 1. The van der Waals surface area contributed by atoms with E-state index in [0.29, 0.717) is 42.9 Å². The molecular formula is C17H18N4O3. The number of hydrogen-bond acceptors (Lipinski definition) is 4. The van der Waals surface area contributed by atoms with Crippen molar-refractivity contribution in [2.75, 3.05) is 31.3 Å². The Hall–Kier alpha value is -2.80. The van der Waals surface area contributed by atoms with E-state index in [1.807, 2.05) is 42.3 Å². The summed E-state index contributed by atoms with van der Waals surface area (Å²) in [5.41, 5.74) is 1.63. The van der Waals surface area contributed by atoms with Crippen LogP contribution >= 0.6 is 0 Å². The van der Waals surface area contributed by atoms with Crippen molar-refractivity contribution in [3.05, 3.63) is 62.8 Å². The van der Waals surface area contributed by atoms with Crippen LogP contribution in [0.25, 0.3) is 16.6 Å². The highest BCUT2D eigenvalue weighted by molar-refractivity contribution is 5.80. The molecule has 124 valence electrons. The summed E-state index contributed by atoms with van der Waals surface area (Å²) in [6, 6.07) is 10.8. The number of nitrogens with one attached hydrogen (secondary N) is 1. The normalized spacial score (nSPS) is 15.1. The second-order valence-corrected chi connectivity index (χ2v) is 5.82. The van der Waals surface area contributed by atoms with Crippen LogP contribution in [0.3, 0.4) is 0 Å². The Morgan fingerprint density at radius 1 is 1.08 bits per heavy atom. The molecule has 0 atom stereocenters. The molecule has 24 heavy (non-hydrogen) atoms. The van der Waals surface area contributed by atoms with Crippen LogP contribution in [0, 0.1) is 6.92 Å². The number of aromatic nitrogens is 3. The Morgan fingerprint density at radius 2 is 1.79 bits per heavy atom. The predicted molar refractivity (Wildman–Crippen MR) is 91.7 cm³/mol. The maximum Gasteiger partial charge on any atom is 0.280 e. The Morgan fingerprint density at radius 3 is 2.50 bits per heavy atom. The lowest BCUT2D eigenvalue weighted by Gasteiger charge is -2.31. The molecule has 7 nitrogen and oxygen atoms in total. The van der Waals surface area contributed by atoms with Gasteiger partial charge in [0.15, 0.2) is 0 Å². The lowest BCUT2D eigenvalue weighted by atomic mass is 10.2. The van der Waals surface area contributed by atoms with Crippen molar-refractivity contribution in [1.29, 1.82) is 0 Å². The second kappa shape index (κ2) is 5.68. The molecule has 1 aliphatic heterocycles. The lowest BCUT2D eigenvalue weighted by Crippen LogP contribution is -2.49. The first-order chi connectivity index (χ1) is 11.7. The number of nitrogens with zero attached hydrogens (tertiary/aromatic N) is 3. The zero-order chi connectivity index (χ0) is 16.7. The van der Waals surface area contributed by atoms with Gasteiger partial charge in [-0.3, -0.25) is 14.7 Å². The summed E-state index contributed by atoms with van der Waals surface area (Å²) in [4.78, 5) is 25.4. The summed E-state index contributed by atoms with van der Waals surface area (Å²) >= 11 is 0. The Kier molecular flexibility index (Phi) is 3.50. The van der Waals surface area contributed by atoms with Gasteiger partial charge >= 0.3 is 0 Å². The quantitative estimate of drug-likeness (QED) is 0.754. The SMILES string of the molecule is Cc1c2c(=O)n(-c3ccccc3)[nH]c2cc(=O)n1N1CCOCC1. The highest BCUT2D eigenvalue weighted by Crippen LogP contribution is 2.14. The summed E-state index contributed by atoms with van der Waals surface area (Å²) in [5.74, 6) is 0. The molecule has 0 radical (unpaired) electrons. The minimum absolute atomic E-state index is 0.150. The van der Waals surface area contributed by atoms with Gasteiger partial charge in [-0.25, -0.2) is 9.36 Å². The molecular weight excluding hydrogens is 308 g/mol. The molecule has 4 rings (SSSR count). The molecule has 2 aromatic heterocycles. The van der Waals surface area contributed by atoms with Gasteiger partial charge in [0, 0.05) is 6.07 Å². The van der Waals surface area contributed by atoms with Crippen molar-refractivity contribution < 1.29 is 4.74 Å². The number of aromatic amines is 1. The van der Waals surface area contributed by atoms with Gasteiger partial charge < -0.3 is 9.75 Å². The van der Waals surface area contributed by atoms with Crippen molar-refractivity contribution in [2.45, 2.75) is 6.92 Å². The highest BCUT2D eigenvalue weighted by atomic mass is 16.5. The molecule has 0 aliphatic carbocycles. The number of hydrogen-bond donors (Lipinski definition) is 1. The van der Waals surface area contributed by atoms with Gasteiger partial charge in [-0.1, -0.05) is 18.2 Å². The summed E-state index contributed by atoms with van der Waals surface area (Å²) < 4.78 is 8.41. The summed E-state index contributed by atoms with van der Waals surface area (Å²) in [6.45, 7) is 4.22. The Balaban J connectivity index is 1.94. The van der Waals surface area contributed by atoms with E-state index in [2.05, 4.69) is 5.10 Å². The smallest absolute Gasteiger partial charge is 0.280 e. The fraction of sp³-hybridized carbons (Fsp3) is 0.294. The van der Waals surface area contributed by atoms with Crippen LogP contribution in [0.4, 0.5) is 0 Å². The zero-order valence-electron chi connectivity index (χ0n) is 13.4. The van der Waals surface area contributed by atoms with E-state index in [0.717, 1.165) is 5.69 Å². The Labute approximate surface area is 137 Å². The van der Waals surface area contributed by atoms with Gasteiger partial charge in [-0.05, 0) is 19.1 Å². The summed E-state index contributed by atoms with van der Waals surface area (Å²) in [6.07, 6.45) is 0. The van der Waals surface area contributed by atoms with E-state index in [1.165, 1.54) is 10.7 Å². The van der Waals surface area contributed by atoms with Crippen molar-refractivity contribution >= 4 is 10.9 Å². The van der Waals surface area contributed by atoms with Crippen LogP contribution in [0.15, 0.2) is 46.0 Å². The number of H-pyrrole nitrogens is 1. The predicted octanol–water partition coefficient (Wildman–Crippen LogP) is 0.757. The van der Waals surface area contributed by atoms with Crippen LogP contribution in [-0.2, 0) is 4.74 Å². The van der Waals surface area contributed by atoms with Crippen LogP contribution in [0.2, 0.25) is 0 Å². The van der Waals surface area contributed by atoms with Crippen LogP contribution in [0.5, 0.6) is 0 Å². The molecule has 0 spiro atoms. The first kappa shape index (κ1) is 14.8. The molecule has 0 saturated carbocycles. The van der Waals surface area contributed by atoms with E-state index in [4.69, 9.17) is 4.74 Å². The number of morpholine rings is 1. The molecule has 0 unspecified atom stereocenters. The summed E-state index contributed by atoms with van der Waals surface area (Å²) in [7, 11) is 0. The van der Waals surface area contributed by atoms with Crippen LogP contribution in [0.1, 0.15) is 5.69 Å². The minimum atomic E-state index is -0.157. The van der Waals surface area contributed by atoms with E-state index in [-0.39, 0.29) is 11.1 Å². The molecule has 0 amide bonds. The first-order valence-electron chi connectivity index (χ1n) is 7.92. The van der Waals surface area contributed by atoms with Crippen molar-refractivity contribution in [3.8, 4) is 5.69 Å². The van der Waals surface area contributed by atoms with E-state index in [9.17, 15) is 9.59 Å². The largest absolute Gasteiger partial charge is 0.378 e. The fourth-order valence-corrected chi connectivity index (χ4v) is 3.23. The zero-order valence-corrected chi connectivity index (χ0v) is 13.4. The van der Waals surface area contributed by atoms with Gasteiger partial charge in [0.25, 0.3) is 11.1 Å². The van der Waals surface area contributed by atoms with Crippen LogP contribution < -0.4 is 16.1 Å². The maximum absolute atomic E-state index is 12.9. The maximum atomic E-state index is 12.9. The molecule has 0 bridgehead atoms. The van der Waals surface area contributed by atoms with Crippen molar-refractivity contribution in [3.63, 3.8) is 0 Å². The molecule has 3 aromatic rings. The number of para-hydroxylation sites is 1. The van der Waals surface area contributed by atoms with Gasteiger partial charge in [-0.2, -0.15) is 0 Å². The molecule has 1 saturated heterocycles. The van der Waals surface area contributed by atoms with Crippen LogP contribution in [-0.4, -0.2) is 40.8 Å². The monoisotopic (exact) mass is 326 g/mol. The average Bonchev–Trinajstić information content (AvgIpc) is 2.93. The van der Waals surface area contributed by atoms with Gasteiger partial charge in [0.1, 0.15) is 0 Å². The van der Waals surface area contributed by atoms with Gasteiger partial charge in [0.05, 0.1) is 48.6 Å². The molecule has 1 aromatic carbocycles. The standard InChI is InChI=1S/C17H18N4O3/c1-12-16-14(11-15(22)21(12)19-7-9-24-10-8-19)18-20(17(16)23)13-5-3-2-4-6-13/h2-6,11,18H,7-10H2,1H3. The van der Waals surface area contributed by atoms with E-state index in [1.54, 1.807) is 4.68 Å². The topological polar surface area (TPSA) is 72.3 Å². The molecule has 1 fully saturated rings. The second-order valence-electron chi connectivity index (χ2n) is 5.82. The van der Waals surface area contributed by atoms with Gasteiger partial charge in [0.2, 0.25) is 0 Å². The molecule has 3 heterocycles. The van der Waals surface area contributed by atoms with E-state index >= 15 is 0 Å². The summed E-state index contributed by atoms with van der Waals surface area (Å²) in [5, 5.41) is 5.50. The van der Waals surface area contributed by atoms with Crippen molar-refractivity contribution in [1.82, 2.24) is 14.5 Å². The third-order valence-electron chi connectivity index (χ3n) is 4.36. The molecule has 1 N–H and O–H groups in total. The highest BCUT2D eigenvalue weighted by Gasteiger charge is 2.19. The first-order valence-corrected chi connectivity index (χ1v) is 7.92. The third kappa shape index (κ3) is 2.25. The Bertz CT molecular complexity index is 994.